The largest absolute Gasteiger partial charge is 0.335 e. The van der Waals surface area contributed by atoms with Gasteiger partial charge in [0.2, 0.25) is 5.91 Å². The van der Waals surface area contributed by atoms with Crippen LogP contribution in [0, 0.1) is 5.92 Å². The molecule has 0 saturated carbocycles. The summed E-state index contributed by atoms with van der Waals surface area (Å²) in [5.74, 6) is 0.499. The first-order chi connectivity index (χ1) is 9.36. The lowest BCUT2D eigenvalue weighted by Gasteiger charge is -2.38. The molecule has 2 fully saturated rings. The SMILES string of the molecule is Cl.Cl.O=C(C1CCCNC1)N1CCCCC1c1cn[nH]c1. The summed E-state index contributed by atoms with van der Waals surface area (Å²) in [5, 5.41) is 10.2. The van der Waals surface area contributed by atoms with Gasteiger partial charge in [0.25, 0.3) is 0 Å². The van der Waals surface area contributed by atoms with Crippen molar-refractivity contribution >= 4 is 30.7 Å². The molecular formula is C14H24Cl2N4O. The van der Waals surface area contributed by atoms with Gasteiger partial charge < -0.3 is 10.2 Å². The fraction of sp³-hybridized carbons (Fsp3) is 0.714. The summed E-state index contributed by atoms with van der Waals surface area (Å²) >= 11 is 0. The minimum atomic E-state index is 0. The average molecular weight is 335 g/mol. The Balaban J connectivity index is 0.00000110. The second-order valence-electron chi connectivity index (χ2n) is 5.62. The molecule has 2 unspecified atom stereocenters. The first-order valence-corrected chi connectivity index (χ1v) is 7.36. The Morgan fingerprint density at radius 3 is 2.76 bits per heavy atom. The summed E-state index contributed by atoms with van der Waals surface area (Å²) in [6, 6.07) is 0.224. The van der Waals surface area contributed by atoms with Gasteiger partial charge in [0, 0.05) is 24.8 Å². The van der Waals surface area contributed by atoms with Gasteiger partial charge in [-0.3, -0.25) is 9.89 Å². The van der Waals surface area contributed by atoms with Crippen LogP contribution >= 0.6 is 24.8 Å². The number of amides is 1. The van der Waals surface area contributed by atoms with Gasteiger partial charge in [-0.2, -0.15) is 5.10 Å². The van der Waals surface area contributed by atoms with E-state index in [1.165, 1.54) is 6.42 Å². The van der Waals surface area contributed by atoms with Crippen molar-refractivity contribution in [3.8, 4) is 0 Å². The number of piperidine rings is 2. The van der Waals surface area contributed by atoms with E-state index in [0.29, 0.717) is 5.91 Å². The van der Waals surface area contributed by atoms with Gasteiger partial charge in [-0.05, 0) is 38.6 Å². The lowest BCUT2D eigenvalue weighted by Crippen LogP contribution is -2.46. The fourth-order valence-electron chi connectivity index (χ4n) is 3.28. The molecule has 3 rings (SSSR count). The Hall–Kier alpha value is -0.780. The van der Waals surface area contributed by atoms with Crippen LogP contribution in [-0.4, -0.2) is 40.6 Å². The quantitative estimate of drug-likeness (QED) is 0.872. The third-order valence-electron chi connectivity index (χ3n) is 4.34. The Morgan fingerprint density at radius 1 is 1.24 bits per heavy atom. The number of aromatic nitrogens is 2. The zero-order chi connectivity index (χ0) is 13.1. The van der Waals surface area contributed by atoms with E-state index in [1.54, 1.807) is 0 Å². The predicted octanol–water partition coefficient (Wildman–Crippen LogP) is 2.31. The molecule has 0 radical (unpaired) electrons. The molecule has 120 valence electrons. The van der Waals surface area contributed by atoms with E-state index in [-0.39, 0.29) is 36.8 Å². The highest BCUT2D eigenvalue weighted by Crippen LogP contribution is 2.32. The van der Waals surface area contributed by atoms with Gasteiger partial charge in [-0.25, -0.2) is 0 Å². The standard InChI is InChI=1S/C14H22N4O.2ClH/c19-14(11-4-3-6-15-8-11)18-7-2-1-5-13(18)12-9-16-17-10-12;;/h9-11,13,15H,1-8H2,(H,16,17);2*1H. The van der Waals surface area contributed by atoms with Crippen LogP contribution in [0.4, 0.5) is 0 Å². The molecule has 2 aliphatic rings. The Morgan fingerprint density at radius 2 is 2.10 bits per heavy atom. The van der Waals surface area contributed by atoms with Crippen molar-refractivity contribution < 1.29 is 4.79 Å². The number of hydrogen-bond donors (Lipinski definition) is 2. The molecule has 0 aromatic carbocycles. The maximum absolute atomic E-state index is 12.7. The Bertz CT molecular complexity index is 421. The third kappa shape index (κ3) is 4.11. The van der Waals surface area contributed by atoms with Gasteiger partial charge in [-0.1, -0.05) is 0 Å². The molecule has 1 amide bonds. The zero-order valence-corrected chi connectivity index (χ0v) is 13.7. The minimum absolute atomic E-state index is 0. The van der Waals surface area contributed by atoms with E-state index in [1.807, 2.05) is 12.4 Å². The van der Waals surface area contributed by atoms with E-state index in [0.717, 1.165) is 50.9 Å². The van der Waals surface area contributed by atoms with Crippen molar-refractivity contribution in [3.05, 3.63) is 18.0 Å². The van der Waals surface area contributed by atoms with Crippen LogP contribution in [0.25, 0.3) is 0 Å². The summed E-state index contributed by atoms with van der Waals surface area (Å²) in [4.78, 5) is 14.8. The van der Waals surface area contributed by atoms with Crippen molar-refractivity contribution in [2.45, 2.75) is 38.1 Å². The van der Waals surface area contributed by atoms with Crippen LogP contribution in [0.15, 0.2) is 12.4 Å². The third-order valence-corrected chi connectivity index (χ3v) is 4.34. The number of rotatable bonds is 2. The molecule has 2 N–H and O–H groups in total. The second-order valence-corrected chi connectivity index (χ2v) is 5.62. The molecule has 0 spiro atoms. The molecule has 1 aromatic heterocycles. The molecule has 3 heterocycles. The van der Waals surface area contributed by atoms with E-state index < -0.39 is 0 Å². The van der Waals surface area contributed by atoms with Crippen LogP contribution in [0.3, 0.4) is 0 Å². The van der Waals surface area contributed by atoms with Gasteiger partial charge >= 0.3 is 0 Å². The van der Waals surface area contributed by atoms with Crippen molar-refractivity contribution in [1.29, 1.82) is 0 Å². The number of hydrogen-bond acceptors (Lipinski definition) is 3. The number of likely N-dealkylation sites (tertiary alicyclic amines) is 1. The number of H-pyrrole nitrogens is 1. The molecule has 1 aromatic rings. The van der Waals surface area contributed by atoms with Crippen molar-refractivity contribution in [3.63, 3.8) is 0 Å². The van der Waals surface area contributed by atoms with Crippen LogP contribution in [0.2, 0.25) is 0 Å². The van der Waals surface area contributed by atoms with Crippen LogP contribution in [0.5, 0.6) is 0 Å². The normalized spacial score (nSPS) is 25.6. The number of nitrogens with zero attached hydrogens (tertiary/aromatic N) is 2. The summed E-state index contributed by atoms with van der Waals surface area (Å²) in [7, 11) is 0. The predicted molar refractivity (Wildman–Crippen MR) is 87.0 cm³/mol. The van der Waals surface area contributed by atoms with Gasteiger partial charge in [0.05, 0.1) is 18.2 Å². The van der Waals surface area contributed by atoms with Crippen LogP contribution in [-0.2, 0) is 4.79 Å². The number of aromatic amines is 1. The second kappa shape index (κ2) is 8.61. The van der Waals surface area contributed by atoms with Gasteiger partial charge in [0.1, 0.15) is 0 Å². The number of carbonyl (C=O) groups is 1. The smallest absolute Gasteiger partial charge is 0.227 e. The summed E-state index contributed by atoms with van der Waals surface area (Å²) in [6.45, 7) is 2.79. The van der Waals surface area contributed by atoms with Crippen molar-refractivity contribution in [1.82, 2.24) is 20.4 Å². The maximum Gasteiger partial charge on any atom is 0.227 e. The average Bonchev–Trinajstić information content (AvgIpc) is 3.01. The molecule has 2 saturated heterocycles. The van der Waals surface area contributed by atoms with E-state index in [4.69, 9.17) is 0 Å². The summed E-state index contributed by atoms with van der Waals surface area (Å²) < 4.78 is 0. The molecular weight excluding hydrogens is 311 g/mol. The molecule has 7 heteroatoms. The minimum Gasteiger partial charge on any atom is -0.335 e. The number of nitrogens with one attached hydrogen (secondary N) is 2. The van der Waals surface area contributed by atoms with Crippen LogP contribution in [0.1, 0.15) is 43.7 Å². The Kier molecular flexibility index (Phi) is 7.49. The van der Waals surface area contributed by atoms with Gasteiger partial charge in [-0.15, -0.1) is 24.8 Å². The van der Waals surface area contributed by atoms with E-state index in [2.05, 4.69) is 20.4 Å². The molecule has 5 nitrogen and oxygen atoms in total. The first-order valence-electron chi connectivity index (χ1n) is 7.36. The number of carbonyl (C=O) groups excluding carboxylic acids is 1. The molecule has 0 bridgehead atoms. The maximum atomic E-state index is 12.7. The highest BCUT2D eigenvalue weighted by molar-refractivity contribution is 5.85. The molecule has 21 heavy (non-hydrogen) atoms. The summed E-state index contributed by atoms with van der Waals surface area (Å²) in [5.41, 5.74) is 1.15. The van der Waals surface area contributed by atoms with E-state index >= 15 is 0 Å². The monoisotopic (exact) mass is 334 g/mol. The zero-order valence-electron chi connectivity index (χ0n) is 12.1. The van der Waals surface area contributed by atoms with Crippen molar-refractivity contribution in [2.24, 2.45) is 5.92 Å². The van der Waals surface area contributed by atoms with E-state index in [9.17, 15) is 4.79 Å². The fourth-order valence-corrected chi connectivity index (χ4v) is 3.28. The molecule has 0 aliphatic carbocycles. The topological polar surface area (TPSA) is 61.0 Å². The highest BCUT2D eigenvalue weighted by Gasteiger charge is 2.33. The molecule has 2 aliphatic heterocycles. The lowest BCUT2D eigenvalue weighted by molar-refractivity contribution is -0.140. The first kappa shape index (κ1) is 18.3. The van der Waals surface area contributed by atoms with Crippen molar-refractivity contribution in [2.75, 3.05) is 19.6 Å². The Labute approximate surface area is 138 Å². The summed E-state index contributed by atoms with van der Waals surface area (Å²) in [6.07, 6.45) is 9.31. The van der Waals surface area contributed by atoms with Gasteiger partial charge in [0.15, 0.2) is 0 Å². The highest BCUT2D eigenvalue weighted by atomic mass is 35.5. The lowest BCUT2D eigenvalue weighted by atomic mass is 9.92. The number of halogens is 2. The molecule has 2 atom stereocenters. The van der Waals surface area contributed by atoms with Crippen LogP contribution < -0.4 is 5.32 Å².